The minimum atomic E-state index is -0.482. The standard InChI is InChI=1S/C21H16F2N4OS/c1-13-10-20(29-12-19(28)26-18-5-3-2-4-17(18)23)27-21(25-13)16(11-24-27)14-6-8-15(22)9-7-14/h2-11H,12H2,1H3,(H,26,28). The molecule has 5 nitrogen and oxygen atoms in total. The van der Waals surface area contributed by atoms with E-state index in [1.54, 1.807) is 35.0 Å². The lowest BCUT2D eigenvalue weighted by atomic mass is 10.1. The van der Waals surface area contributed by atoms with Crippen molar-refractivity contribution in [3.05, 3.63) is 78.1 Å². The summed E-state index contributed by atoms with van der Waals surface area (Å²) in [7, 11) is 0. The van der Waals surface area contributed by atoms with Crippen molar-refractivity contribution in [2.45, 2.75) is 11.9 Å². The Morgan fingerprint density at radius 3 is 2.66 bits per heavy atom. The van der Waals surface area contributed by atoms with Crippen molar-refractivity contribution in [2.75, 3.05) is 11.1 Å². The van der Waals surface area contributed by atoms with Crippen LogP contribution in [-0.4, -0.2) is 26.3 Å². The van der Waals surface area contributed by atoms with Gasteiger partial charge >= 0.3 is 0 Å². The molecule has 2 aromatic carbocycles. The van der Waals surface area contributed by atoms with Gasteiger partial charge in [0, 0.05) is 11.3 Å². The number of aromatic nitrogens is 3. The number of nitrogens with zero attached hydrogens (tertiary/aromatic N) is 3. The zero-order valence-electron chi connectivity index (χ0n) is 15.4. The number of para-hydroxylation sites is 1. The predicted molar refractivity (Wildman–Crippen MR) is 109 cm³/mol. The summed E-state index contributed by atoms with van der Waals surface area (Å²) in [6, 6.07) is 14.0. The van der Waals surface area contributed by atoms with Crippen LogP contribution in [0.1, 0.15) is 5.69 Å². The summed E-state index contributed by atoms with van der Waals surface area (Å²) >= 11 is 1.27. The van der Waals surface area contributed by atoms with Crippen molar-refractivity contribution in [3.63, 3.8) is 0 Å². The van der Waals surface area contributed by atoms with E-state index in [9.17, 15) is 13.6 Å². The van der Waals surface area contributed by atoms with E-state index in [-0.39, 0.29) is 23.2 Å². The van der Waals surface area contributed by atoms with Crippen molar-refractivity contribution < 1.29 is 13.6 Å². The summed E-state index contributed by atoms with van der Waals surface area (Å²) in [5.74, 6) is -1.04. The number of benzene rings is 2. The lowest BCUT2D eigenvalue weighted by Crippen LogP contribution is -2.15. The van der Waals surface area contributed by atoms with Gasteiger partial charge in [-0.1, -0.05) is 36.0 Å². The van der Waals surface area contributed by atoms with Gasteiger partial charge in [0.25, 0.3) is 0 Å². The van der Waals surface area contributed by atoms with Gasteiger partial charge in [0.15, 0.2) is 5.65 Å². The van der Waals surface area contributed by atoms with E-state index in [0.29, 0.717) is 5.65 Å². The zero-order chi connectivity index (χ0) is 20.4. The number of nitrogens with one attached hydrogen (secondary N) is 1. The molecule has 1 amide bonds. The average Bonchev–Trinajstić information content (AvgIpc) is 3.12. The first-order valence-electron chi connectivity index (χ1n) is 8.80. The van der Waals surface area contributed by atoms with Crippen molar-refractivity contribution >= 4 is 29.0 Å². The third kappa shape index (κ3) is 4.12. The molecule has 8 heteroatoms. The van der Waals surface area contributed by atoms with Gasteiger partial charge < -0.3 is 5.32 Å². The van der Waals surface area contributed by atoms with Gasteiger partial charge in [-0.15, -0.1) is 0 Å². The van der Waals surface area contributed by atoms with Gasteiger partial charge in [0.1, 0.15) is 16.7 Å². The Hall–Kier alpha value is -3.26. The molecule has 29 heavy (non-hydrogen) atoms. The molecule has 4 aromatic rings. The smallest absolute Gasteiger partial charge is 0.234 e. The molecule has 2 aromatic heterocycles. The number of halogens is 2. The summed E-state index contributed by atoms with van der Waals surface area (Å²) in [6.45, 7) is 1.85. The van der Waals surface area contributed by atoms with Crippen LogP contribution in [-0.2, 0) is 4.79 Å². The van der Waals surface area contributed by atoms with Crippen LogP contribution in [0.25, 0.3) is 16.8 Å². The number of amides is 1. The van der Waals surface area contributed by atoms with Gasteiger partial charge in [-0.3, -0.25) is 4.79 Å². The van der Waals surface area contributed by atoms with Crippen LogP contribution >= 0.6 is 11.8 Å². The van der Waals surface area contributed by atoms with E-state index in [4.69, 9.17) is 0 Å². The first kappa shape index (κ1) is 19.1. The third-order valence-corrected chi connectivity index (χ3v) is 5.21. The lowest BCUT2D eigenvalue weighted by Gasteiger charge is -2.08. The molecule has 0 bridgehead atoms. The van der Waals surface area contributed by atoms with E-state index in [0.717, 1.165) is 21.8 Å². The minimum Gasteiger partial charge on any atom is -0.323 e. The van der Waals surface area contributed by atoms with Crippen LogP contribution in [0.2, 0.25) is 0 Å². The fourth-order valence-electron chi connectivity index (χ4n) is 2.87. The average molecular weight is 410 g/mol. The Morgan fingerprint density at radius 2 is 1.90 bits per heavy atom. The molecule has 0 aliphatic carbocycles. The second-order valence-corrected chi connectivity index (χ2v) is 7.35. The summed E-state index contributed by atoms with van der Waals surface area (Å²) in [6.07, 6.45) is 1.67. The van der Waals surface area contributed by atoms with E-state index in [2.05, 4.69) is 15.4 Å². The van der Waals surface area contributed by atoms with Crippen LogP contribution in [0.5, 0.6) is 0 Å². The zero-order valence-corrected chi connectivity index (χ0v) is 16.2. The van der Waals surface area contributed by atoms with Crippen molar-refractivity contribution in [2.24, 2.45) is 0 Å². The highest BCUT2D eigenvalue weighted by molar-refractivity contribution is 7.99. The first-order valence-corrected chi connectivity index (χ1v) is 9.78. The van der Waals surface area contributed by atoms with E-state index >= 15 is 0 Å². The molecule has 0 saturated heterocycles. The number of hydrogen-bond acceptors (Lipinski definition) is 4. The highest BCUT2D eigenvalue weighted by Crippen LogP contribution is 2.28. The fourth-order valence-corrected chi connectivity index (χ4v) is 3.74. The molecule has 0 saturated carbocycles. The second-order valence-electron chi connectivity index (χ2n) is 6.35. The van der Waals surface area contributed by atoms with Crippen LogP contribution < -0.4 is 5.32 Å². The Labute approximate surface area is 169 Å². The molecule has 4 rings (SSSR count). The minimum absolute atomic E-state index is 0.0820. The second kappa shape index (κ2) is 8.00. The molecule has 146 valence electrons. The van der Waals surface area contributed by atoms with Gasteiger partial charge in [-0.2, -0.15) is 5.10 Å². The number of carbonyl (C=O) groups is 1. The van der Waals surface area contributed by atoms with E-state index in [1.807, 2.05) is 13.0 Å². The van der Waals surface area contributed by atoms with Crippen LogP contribution in [0.3, 0.4) is 0 Å². The molecule has 1 N–H and O–H groups in total. The molecule has 0 radical (unpaired) electrons. The molecular formula is C21H16F2N4OS. The van der Waals surface area contributed by atoms with E-state index in [1.165, 1.54) is 36.0 Å². The molecule has 0 unspecified atom stereocenters. The summed E-state index contributed by atoms with van der Waals surface area (Å²) in [5.41, 5.74) is 3.10. The van der Waals surface area contributed by atoms with Crippen molar-refractivity contribution in [3.8, 4) is 11.1 Å². The third-order valence-electron chi connectivity index (χ3n) is 4.22. The number of hydrogen-bond donors (Lipinski definition) is 1. The molecular weight excluding hydrogens is 394 g/mol. The maximum Gasteiger partial charge on any atom is 0.234 e. The Morgan fingerprint density at radius 1 is 1.14 bits per heavy atom. The Balaban J connectivity index is 1.57. The summed E-state index contributed by atoms with van der Waals surface area (Å²) < 4.78 is 28.6. The Kier molecular flexibility index (Phi) is 5.26. The molecule has 0 aliphatic heterocycles. The lowest BCUT2D eigenvalue weighted by molar-refractivity contribution is -0.113. The van der Waals surface area contributed by atoms with Gasteiger partial charge in [-0.25, -0.2) is 18.3 Å². The van der Waals surface area contributed by atoms with Gasteiger partial charge in [-0.05, 0) is 42.8 Å². The maximum atomic E-state index is 13.7. The normalized spacial score (nSPS) is 11.0. The van der Waals surface area contributed by atoms with E-state index < -0.39 is 5.82 Å². The molecule has 0 spiro atoms. The number of fused-ring (bicyclic) bond motifs is 1. The topological polar surface area (TPSA) is 59.3 Å². The molecule has 0 atom stereocenters. The van der Waals surface area contributed by atoms with Crippen LogP contribution in [0.4, 0.5) is 14.5 Å². The molecule has 2 heterocycles. The monoisotopic (exact) mass is 410 g/mol. The SMILES string of the molecule is Cc1cc(SCC(=O)Nc2ccccc2F)n2ncc(-c3ccc(F)cc3)c2n1. The van der Waals surface area contributed by atoms with Gasteiger partial charge in [0.2, 0.25) is 5.91 Å². The molecule has 0 aliphatic rings. The highest BCUT2D eigenvalue weighted by Gasteiger charge is 2.14. The largest absolute Gasteiger partial charge is 0.323 e. The fraction of sp³-hybridized carbons (Fsp3) is 0.0952. The van der Waals surface area contributed by atoms with Crippen LogP contribution in [0, 0.1) is 18.6 Å². The molecule has 0 fully saturated rings. The number of carbonyl (C=O) groups excluding carboxylic acids is 1. The number of rotatable bonds is 5. The number of thioether (sulfide) groups is 1. The predicted octanol–water partition coefficient (Wildman–Crippen LogP) is 4.71. The first-order chi connectivity index (χ1) is 14.0. The van der Waals surface area contributed by atoms with Crippen LogP contribution in [0.15, 0.2) is 65.8 Å². The number of aryl methyl sites for hydroxylation is 1. The summed E-state index contributed by atoms with van der Waals surface area (Å²) in [4.78, 5) is 16.8. The van der Waals surface area contributed by atoms with Crippen molar-refractivity contribution in [1.29, 1.82) is 0 Å². The van der Waals surface area contributed by atoms with Gasteiger partial charge in [0.05, 0.1) is 17.6 Å². The maximum absolute atomic E-state index is 13.7. The summed E-state index contributed by atoms with van der Waals surface area (Å²) in [5, 5.41) is 7.67. The number of anilines is 1. The van der Waals surface area contributed by atoms with Crippen molar-refractivity contribution in [1.82, 2.24) is 14.6 Å². The highest BCUT2D eigenvalue weighted by atomic mass is 32.2. The quantitative estimate of drug-likeness (QED) is 0.382. The Bertz CT molecular complexity index is 1190.